The van der Waals surface area contributed by atoms with Crippen LogP contribution >= 0.6 is 11.3 Å². The Morgan fingerprint density at radius 3 is 2.71 bits per heavy atom. The van der Waals surface area contributed by atoms with Gasteiger partial charge in [0, 0.05) is 43.0 Å². The second-order valence-corrected chi connectivity index (χ2v) is 11.9. The Labute approximate surface area is 238 Å². The SMILES string of the molecule is CCOC(=O)C1=C(CN2CC(F)(F)C3CN(C4(C(=O)O)CC4)CC32)NC(c2nccs2)=NC1c1cccc(F)c1C. The van der Waals surface area contributed by atoms with E-state index in [0.717, 1.165) is 0 Å². The number of benzene rings is 1. The molecule has 0 amide bonds. The van der Waals surface area contributed by atoms with Crippen LogP contribution in [-0.4, -0.2) is 88.0 Å². The quantitative estimate of drug-likeness (QED) is 0.452. The third kappa shape index (κ3) is 4.73. The summed E-state index contributed by atoms with van der Waals surface area (Å²) in [5.74, 6) is -5.86. The molecule has 3 unspecified atom stereocenters. The molecule has 3 fully saturated rings. The van der Waals surface area contributed by atoms with Gasteiger partial charge in [-0.15, -0.1) is 11.3 Å². The molecule has 1 aliphatic carbocycles. The number of rotatable bonds is 8. The highest BCUT2D eigenvalue weighted by atomic mass is 32.1. The number of aromatic nitrogens is 1. The molecule has 1 aromatic carbocycles. The molecule has 1 saturated carbocycles. The van der Waals surface area contributed by atoms with Crippen molar-refractivity contribution in [1.29, 1.82) is 0 Å². The Morgan fingerprint density at radius 1 is 1.27 bits per heavy atom. The van der Waals surface area contributed by atoms with Crippen LogP contribution in [0.25, 0.3) is 0 Å². The number of esters is 1. The lowest BCUT2D eigenvalue weighted by Gasteiger charge is -2.32. The number of carbonyl (C=O) groups excluding carboxylic acids is 1. The molecule has 2 saturated heterocycles. The number of fused-ring (bicyclic) bond motifs is 1. The lowest BCUT2D eigenvalue weighted by atomic mass is 9.92. The summed E-state index contributed by atoms with van der Waals surface area (Å²) in [5, 5.41) is 15.2. The zero-order chi connectivity index (χ0) is 29.1. The van der Waals surface area contributed by atoms with Gasteiger partial charge in [0.25, 0.3) is 5.92 Å². The number of halogens is 3. The number of ether oxygens (including phenoxy) is 1. The summed E-state index contributed by atoms with van der Waals surface area (Å²) in [6.07, 6.45) is 2.48. The second kappa shape index (κ2) is 10.2. The molecule has 2 N–H and O–H groups in total. The Hall–Kier alpha value is -3.29. The van der Waals surface area contributed by atoms with E-state index in [2.05, 4.69) is 10.3 Å². The van der Waals surface area contributed by atoms with Gasteiger partial charge in [-0.2, -0.15) is 0 Å². The minimum Gasteiger partial charge on any atom is -0.480 e. The molecule has 3 aliphatic heterocycles. The summed E-state index contributed by atoms with van der Waals surface area (Å²) in [7, 11) is 0. The number of amidine groups is 1. The summed E-state index contributed by atoms with van der Waals surface area (Å²) in [6.45, 7) is 2.92. The number of hydrogen-bond acceptors (Lipinski definition) is 9. The fraction of sp³-hybridized carbons (Fsp3) is 0.500. The number of carboxylic acids is 1. The largest absolute Gasteiger partial charge is 0.480 e. The molecular weight excluding hydrogens is 559 g/mol. The minimum absolute atomic E-state index is 0.00535. The van der Waals surface area contributed by atoms with Crippen molar-refractivity contribution in [2.45, 2.75) is 50.2 Å². The van der Waals surface area contributed by atoms with Crippen LogP contribution < -0.4 is 5.32 Å². The zero-order valence-electron chi connectivity index (χ0n) is 22.6. The van der Waals surface area contributed by atoms with Crippen molar-refractivity contribution in [2.24, 2.45) is 10.9 Å². The van der Waals surface area contributed by atoms with E-state index in [1.165, 1.54) is 23.5 Å². The molecule has 13 heteroatoms. The van der Waals surface area contributed by atoms with Crippen molar-refractivity contribution in [3.8, 4) is 0 Å². The van der Waals surface area contributed by atoms with Crippen molar-refractivity contribution in [3.63, 3.8) is 0 Å². The van der Waals surface area contributed by atoms with Crippen LogP contribution in [0.4, 0.5) is 13.2 Å². The number of nitrogens with one attached hydrogen (secondary N) is 1. The molecule has 4 aliphatic rings. The number of nitrogens with zero attached hydrogens (tertiary/aromatic N) is 4. The van der Waals surface area contributed by atoms with Gasteiger partial charge in [0.15, 0.2) is 10.8 Å². The first-order valence-electron chi connectivity index (χ1n) is 13.6. The average molecular weight is 590 g/mol. The van der Waals surface area contributed by atoms with Gasteiger partial charge in [0.2, 0.25) is 0 Å². The topological polar surface area (TPSA) is 107 Å². The van der Waals surface area contributed by atoms with Crippen molar-refractivity contribution < 1.29 is 32.6 Å². The molecule has 0 spiro atoms. The van der Waals surface area contributed by atoms with Gasteiger partial charge < -0.3 is 15.2 Å². The molecular formula is C28H30F3N5O4S. The number of thiazole rings is 1. The van der Waals surface area contributed by atoms with E-state index in [1.54, 1.807) is 41.3 Å². The van der Waals surface area contributed by atoms with E-state index in [1.807, 2.05) is 0 Å². The van der Waals surface area contributed by atoms with Gasteiger partial charge >= 0.3 is 11.9 Å². The molecule has 41 heavy (non-hydrogen) atoms. The van der Waals surface area contributed by atoms with Gasteiger partial charge in [0.1, 0.15) is 17.4 Å². The Balaban J connectivity index is 1.40. The Kier molecular flexibility index (Phi) is 6.94. The van der Waals surface area contributed by atoms with Crippen LogP contribution in [-0.2, 0) is 14.3 Å². The van der Waals surface area contributed by atoms with E-state index in [0.29, 0.717) is 40.5 Å². The number of aliphatic carboxylic acids is 1. The third-order valence-corrected chi connectivity index (χ3v) is 9.44. The predicted octanol–water partition coefficient (Wildman–Crippen LogP) is 3.37. The number of hydrogen-bond donors (Lipinski definition) is 2. The third-order valence-electron chi connectivity index (χ3n) is 8.66. The standard InChI is InChI=1S/C28H30F3N5O4S/c1-3-40-25(37)21-19(12-35-14-28(30,31)17-11-36(13-20(17)35)27(7-8-27)26(38)39)33-23(24-32-9-10-41-24)34-22(21)16-5-4-6-18(29)15(16)2/h4-6,9-10,17,20,22H,3,7-8,11-14H2,1-2H3,(H,33,34)(H,38,39). The van der Waals surface area contributed by atoms with Crippen LogP contribution in [0, 0.1) is 18.7 Å². The fourth-order valence-electron chi connectivity index (χ4n) is 6.35. The van der Waals surface area contributed by atoms with Crippen molar-refractivity contribution >= 4 is 29.1 Å². The summed E-state index contributed by atoms with van der Waals surface area (Å²) in [4.78, 5) is 37.8. The van der Waals surface area contributed by atoms with Crippen molar-refractivity contribution in [3.05, 3.63) is 63.0 Å². The van der Waals surface area contributed by atoms with Gasteiger partial charge in [-0.25, -0.2) is 22.9 Å². The summed E-state index contributed by atoms with van der Waals surface area (Å²) in [5.41, 5.74) is 0.133. The summed E-state index contributed by atoms with van der Waals surface area (Å²) >= 11 is 1.31. The first-order chi connectivity index (χ1) is 19.6. The van der Waals surface area contributed by atoms with Crippen LogP contribution in [0.3, 0.4) is 0 Å². The molecule has 2 aromatic rings. The summed E-state index contributed by atoms with van der Waals surface area (Å²) < 4.78 is 50.9. The maximum Gasteiger partial charge on any atom is 0.338 e. The van der Waals surface area contributed by atoms with Crippen molar-refractivity contribution in [2.75, 3.05) is 32.8 Å². The normalized spacial score (nSPS) is 26.9. The number of alkyl halides is 2. The van der Waals surface area contributed by atoms with E-state index >= 15 is 8.78 Å². The van der Waals surface area contributed by atoms with Crippen LogP contribution in [0.5, 0.6) is 0 Å². The molecule has 218 valence electrons. The number of carbonyl (C=O) groups is 2. The molecule has 0 radical (unpaired) electrons. The number of likely N-dealkylation sites (tertiary alicyclic amines) is 2. The van der Waals surface area contributed by atoms with Crippen LogP contribution in [0.2, 0.25) is 0 Å². The molecule has 9 nitrogen and oxygen atoms in total. The molecule has 6 rings (SSSR count). The molecule has 1 aromatic heterocycles. The molecule has 3 atom stereocenters. The fourth-order valence-corrected chi connectivity index (χ4v) is 6.94. The highest BCUT2D eigenvalue weighted by Gasteiger charge is 2.64. The Bertz CT molecular complexity index is 1440. The molecule has 4 heterocycles. The highest BCUT2D eigenvalue weighted by Crippen LogP contribution is 2.50. The lowest BCUT2D eigenvalue weighted by Crippen LogP contribution is -2.47. The number of aliphatic imine (C=N–C) groups is 1. The maximum atomic E-state index is 15.4. The van der Waals surface area contributed by atoms with E-state index in [-0.39, 0.29) is 31.8 Å². The smallest absolute Gasteiger partial charge is 0.338 e. The van der Waals surface area contributed by atoms with E-state index in [4.69, 9.17) is 9.73 Å². The van der Waals surface area contributed by atoms with Crippen LogP contribution in [0.15, 0.2) is 46.0 Å². The van der Waals surface area contributed by atoms with E-state index < -0.39 is 53.8 Å². The minimum atomic E-state index is -3.04. The first kappa shape index (κ1) is 27.9. The van der Waals surface area contributed by atoms with Gasteiger partial charge in [-0.05, 0) is 43.9 Å². The van der Waals surface area contributed by atoms with Crippen LogP contribution in [0.1, 0.15) is 41.9 Å². The highest BCUT2D eigenvalue weighted by molar-refractivity contribution is 7.11. The molecule has 0 bridgehead atoms. The monoisotopic (exact) mass is 589 g/mol. The van der Waals surface area contributed by atoms with Gasteiger partial charge in [-0.3, -0.25) is 19.6 Å². The second-order valence-electron chi connectivity index (χ2n) is 11.0. The summed E-state index contributed by atoms with van der Waals surface area (Å²) in [6, 6.07) is 2.97. The lowest BCUT2D eigenvalue weighted by molar-refractivity contribution is -0.145. The van der Waals surface area contributed by atoms with E-state index in [9.17, 15) is 19.1 Å². The average Bonchev–Trinajstić information content (AvgIpc) is 3.25. The first-order valence-corrected chi connectivity index (χ1v) is 14.4. The van der Waals surface area contributed by atoms with Gasteiger partial charge in [0.05, 0.1) is 24.6 Å². The predicted molar refractivity (Wildman–Crippen MR) is 144 cm³/mol. The maximum absolute atomic E-state index is 15.4. The Morgan fingerprint density at radius 2 is 2.05 bits per heavy atom. The zero-order valence-corrected chi connectivity index (χ0v) is 23.4. The number of carboxylic acid groups (broad SMARTS) is 1. The van der Waals surface area contributed by atoms with Crippen molar-refractivity contribution in [1.82, 2.24) is 20.1 Å². The van der Waals surface area contributed by atoms with Gasteiger partial charge in [-0.1, -0.05) is 12.1 Å².